The predicted molar refractivity (Wildman–Crippen MR) is 86.1 cm³/mol. The summed E-state index contributed by atoms with van der Waals surface area (Å²) in [5.41, 5.74) is 7.32. The molecule has 1 aromatic carbocycles. The van der Waals surface area contributed by atoms with Crippen LogP contribution in [0.5, 0.6) is 0 Å². The molecule has 0 saturated heterocycles. The van der Waals surface area contributed by atoms with E-state index in [1.54, 1.807) is 19.1 Å². The first-order valence-electron chi connectivity index (χ1n) is 7.06. The zero-order valence-corrected chi connectivity index (χ0v) is 13.5. The van der Waals surface area contributed by atoms with E-state index in [0.29, 0.717) is 5.52 Å². The number of hydrogen-bond acceptors (Lipinski definition) is 4. The number of fused-ring (bicyclic) bond motifs is 1. The number of hydrogen-bond donors (Lipinski definition) is 1. The van der Waals surface area contributed by atoms with Crippen LogP contribution in [-0.2, 0) is 10.0 Å². The number of benzene rings is 1. The first-order valence-corrected chi connectivity index (χ1v) is 8.50. The summed E-state index contributed by atoms with van der Waals surface area (Å²) in [7, 11) is -3.81. The number of halogens is 1. The Kier molecular flexibility index (Phi) is 3.69. The first kappa shape index (κ1) is 15.6. The zero-order chi connectivity index (χ0) is 16.8. The van der Waals surface area contributed by atoms with Crippen LogP contribution in [0.4, 0.5) is 4.39 Å². The van der Waals surface area contributed by atoms with Gasteiger partial charge in [0.1, 0.15) is 5.82 Å². The Hall–Kier alpha value is -2.25. The van der Waals surface area contributed by atoms with Crippen molar-refractivity contribution in [3.05, 3.63) is 59.7 Å². The van der Waals surface area contributed by atoms with Gasteiger partial charge in [0.2, 0.25) is 0 Å². The lowest BCUT2D eigenvalue weighted by Gasteiger charge is -2.10. The highest BCUT2D eigenvalue weighted by molar-refractivity contribution is 7.90. The molecule has 0 amide bonds. The van der Waals surface area contributed by atoms with Crippen LogP contribution in [0, 0.1) is 12.7 Å². The number of pyridine rings is 1. The van der Waals surface area contributed by atoms with Crippen molar-refractivity contribution in [2.75, 3.05) is 0 Å². The fourth-order valence-corrected chi connectivity index (χ4v) is 3.71. The van der Waals surface area contributed by atoms with E-state index < -0.39 is 21.9 Å². The predicted octanol–water partition coefficient (Wildman–Crippen LogP) is 2.74. The van der Waals surface area contributed by atoms with E-state index in [1.807, 2.05) is 6.92 Å². The Morgan fingerprint density at radius 3 is 2.48 bits per heavy atom. The minimum absolute atomic E-state index is 0.114. The Labute approximate surface area is 133 Å². The molecule has 23 heavy (non-hydrogen) atoms. The summed E-state index contributed by atoms with van der Waals surface area (Å²) in [4.78, 5) is 4.27. The van der Waals surface area contributed by atoms with E-state index in [4.69, 9.17) is 5.73 Å². The van der Waals surface area contributed by atoms with Gasteiger partial charge in [-0.25, -0.2) is 21.8 Å². The van der Waals surface area contributed by atoms with Gasteiger partial charge in [0.05, 0.1) is 21.6 Å². The molecule has 0 aliphatic rings. The summed E-state index contributed by atoms with van der Waals surface area (Å²) in [5.74, 6) is -0.619. The van der Waals surface area contributed by atoms with E-state index in [0.717, 1.165) is 15.6 Å². The lowest BCUT2D eigenvalue weighted by molar-refractivity contribution is 0.581. The normalized spacial score (nSPS) is 13.4. The van der Waals surface area contributed by atoms with Crippen LogP contribution in [-0.4, -0.2) is 17.4 Å². The molecule has 0 saturated carbocycles. The van der Waals surface area contributed by atoms with E-state index in [1.165, 1.54) is 24.4 Å². The molecule has 3 aromatic rings. The highest BCUT2D eigenvalue weighted by atomic mass is 32.2. The summed E-state index contributed by atoms with van der Waals surface area (Å²) in [6.45, 7) is 3.49. The van der Waals surface area contributed by atoms with Crippen LogP contribution in [0.2, 0.25) is 0 Å². The number of nitrogens with zero attached hydrogens (tertiary/aromatic N) is 2. The number of rotatable bonds is 3. The quantitative estimate of drug-likeness (QED) is 0.799. The molecule has 7 heteroatoms. The number of aromatic nitrogens is 2. The van der Waals surface area contributed by atoms with Gasteiger partial charge in [0.15, 0.2) is 0 Å². The topological polar surface area (TPSA) is 78.0 Å². The van der Waals surface area contributed by atoms with E-state index in [9.17, 15) is 12.8 Å². The van der Waals surface area contributed by atoms with Crippen LogP contribution in [0.3, 0.4) is 0 Å². The molecule has 2 heterocycles. The van der Waals surface area contributed by atoms with Gasteiger partial charge in [-0.3, -0.25) is 0 Å². The molecule has 0 aliphatic heterocycles. The smallest absolute Gasteiger partial charge is 0.268 e. The monoisotopic (exact) mass is 333 g/mol. The average Bonchev–Trinajstić information content (AvgIpc) is 2.90. The SMILES string of the molecule is Cc1ccc(S(=O)(=O)n2ccc3nc([C@H](C)N)c(F)cc32)cc1. The third-order valence-electron chi connectivity index (χ3n) is 3.63. The fraction of sp³-hybridized carbons (Fsp3) is 0.188. The van der Waals surface area contributed by atoms with Crippen LogP contribution in [0.15, 0.2) is 47.5 Å². The maximum atomic E-state index is 14.1. The molecule has 0 fully saturated rings. The minimum Gasteiger partial charge on any atom is -0.323 e. The van der Waals surface area contributed by atoms with Crippen molar-refractivity contribution in [2.24, 2.45) is 5.73 Å². The summed E-state index contributed by atoms with van der Waals surface area (Å²) >= 11 is 0. The van der Waals surface area contributed by atoms with Crippen molar-refractivity contribution in [2.45, 2.75) is 24.8 Å². The van der Waals surface area contributed by atoms with Crippen LogP contribution in [0.25, 0.3) is 11.0 Å². The Bertz CT molecular complexity index is 976. The number of nitrogens with two attached hydrogens (primary N) is 1. The maximum absolute atomic E-state index is 14.1. The van der Waals surface area contributed by atoms with Crippen molar-refractivity contribution in [1.29, 1.82) is 0 Å². The highest BCUT2D eigenvalue weighted by Gasteiger charge is 2.21. The second-order valence-corrected chi connectivity index (χ2v) is 7.29. The van der Waals surface area contributed by atoms with Gasteiger partial charge in [-0.15, -0.1) is 0 Å². The van der Waals surface area contributed by atoms with Crippen molar-refractivity contribution in [1.82, 2.24) is 8.96 Å². The Morgan fingerprint density at radius 2 is 1.87 bits per heavy atom. The molecule has 0 radical (unpaired) electrons. The molecule has 1 atom stereocenters. The summed E-state index contributed by atoms with van der Waals surface area (Å²) in [6.07, 6.45) is 1.37. The standard InChI is InChI=1S/C16H16FN3O2S/c1-10-3-5-12(6-4-10)23(21,22)20-8-7-14-15(20)9-13(17)16(19-14)11(2)18/h3-9,11H,18H2,1-2H3/t11-/m0/s1. The number of aryl methyl sites for hydroxylation is 1. The van der Waals surface area contributed by atoms with Gasteiger partial charge >= 0.3 is 0 Å². The van der Waals surface area contributed by atoms with Gasteiger partial charge in [0, 0.05) is 18.3 Å². The third-order valence-corrected chi connectivity index (χ3v) is 5.33. The average molecular weight is 333 g/mol. The largest absolute Gasteiger partial charge is 0.323 e. The van der Waals surface area contributed by atoms with Gasteiger partial charge in [0.25, 0.3) is 10.0 Å². The zero-order valence-electron chi connectivity index (χ0n) is 12.7. The van der Waals surface area contributed by atoms with Crippen LogP contribution >= 0.6 is 0 Å². The summed E-state index contributed by atoms with van der Waals surface area (Å²) < 4.78 is 40.6. The van der Waals surface area contributed by atoms with E-state index in [2.05, 4.69) is 4.98 Å². The molecule has 2 N–H and O–H groups in total. The van der Waals surface area contributed by atoms with Gasteiger partial charge in [-0.05, 0) is 32.0 Å². The van der Waals surface area contributed by atoms with Gasteiger partial charge in [-0.1, -0.05) is 17.7 Å². The molecule has 0 spiro atoms. The van der Waals surface area contributed by atoms with Crippen molar-refractivity contribution < 1.29 is 12.8 Å². The van der Waals surface area contributed by atoms with E-state index >= 15 is 0 Å². The molecular formula is C16H16FN3O2S. The Balaban J connectivity index is 2.20. The first-order chi connectivity index (χ1) is 10.8. The molecular weight excluding hydrogens is 317 g/mol. The van der Waals surface area contributed by atoms with Crippen molar-refractivity contribution in [3.8, 4) is 0 Å². The lowest BCUT2D eigenvalue weighted by atomic mass is 10.2. The fourth-order valence-electron chi connectivity index (χ4n) is 2.38. The van der Waals surface area contributed by atoms with Gasteiger partial charge < -0.3 is 5.73 Å². The maximum Gasteiger partial charge on any atom is 0.268 e. The van der Waals surface area contributed by atoms with Crippen molar-refractivity contribution >= 4 is 21.1 Å². The highest BCUT2D eigenvalue weighted by Crippen LogP contribution is 2.24. The van der Waals surface area contributed by atoms with Crippen LogP contribution in [0.1, 0.15) is 24.2 Å². The van der Waals surface area contributed by atoms with E-state index in [-0.39, 0.29) is 16.1 Å². The molecule has 2 aromatic heterocycles. The van der Waals surface area contributed by atoms with Crippen molar-refractivity contribution in [3.63, 3.8) is 0 Å². The lowest BCUT2D eigenvalue weighted by Crippen LogP contribution is -2.13. The summed E-state index contributed by atoms with van der Waals surface area (Å²) in [6, 6.07) is 8.60. The minimum atomic E-state index is -3.81. The molecule has 0 aliphatic carbocycles. The molecule has 3 rings (SSSR count). The summed E-state index contributed by atoms with van der Waals surface area (Å²) in [5, 5.41) is 0. The second kappa shape index (κ2) is 5.43. The molecule has 5 nitrogen and oxygen atoms in total. The molecule has 0 bridgehead atoms. The van der Waals surface area contributed by atoms with Crippen LogP contribution < -0.4 is 5.73 Å². The van der Waals surface area contributed by atoms with Gasteiger partial charge in [-0.2, -0.15) is 0 Å². The second-order valence-electron chi connectivity index (χ2n) is 5.48. The molecule has 120 valence electrons. The Morgan fingerprint density at radius 1 is 1.22 bits per heavy atom. The third kappa shape index (κ3) is 2.62. The molecule has 0 unspecified atom stereocenters.